The summed E-state index contributed by atoms with van der Waals surface area (Å²) in [6, 6.07) is 1.66. The monoisotopic (exact) mass is 249 g/mol. The third-order valence-corrected chi connectivity index (χ3v) is 5.88. The summed E-state index contributed by atoms with van der Waals surface area (Å²) in [6.45, 7) is 4.87. The molecule has 2 heterocycles. The molecule has 4 fully saturated rings. The lowest BCUT2D eigenvalue weighted by atomic mass is 9.86. The van der Waals surface area contributed by atoms with Crippen LogP contribution in [-0.2, 0) is 0 Å². The molecular weight excluding hydrogens is 222 g/mol. The number of fused-ring (bicyclic) bond motifs is 1. The molecule has 2 saturated carbocycles. The van der Waals surface area contributed by atoms with Crippen LogP contribution in [0.3, 0.4) is 0 Å². The summed E-state index contributed by atoms with van der Waals surface area (Å²) in [5.74, 6) is 1.00. The van der Waals surface area contributed by atoms with E-state index in [1.807, 2.05) is 0 Å². The van der Waals surface area contributed by atoms with Gasteiger partial charge in [-0.05, 0) is 57.4 Å². The van der Waals surface area contributed by atoms with E-state index in [0.29, 0.717) is 5.54 Å². The van der Waals surface area contributed by atoms with Crippen LogP contribution in [0.15, 0.2) is 0 Å². The Morgan fingerprint density at radius 2 is 1.94 bits per heavy atom. The largest absolute Gasteiger partial charge is 0.329 e. The van der Waals surface area contributed by atoms with Crippen molar-refractivity contribution in [1.29, 1.82) is 0 Å². The number of nitrogens with two attached hydrogens (primary N) is 1. The van der Waals surface area contributed by atoms with E-state index < -0.39 is 0 Å². The van der Waals surface area contributed by atoms with Crippen molar-refractivity contribution in [3.63, 3.8) is 0 Å². The Hall–Kier alpha value is -0.120. The molecule has 0 radical (unpaired) electrons. The van der Waals surface area contributed by atoms with Gasteiger partial charge in [-0.15, -0.1) is 0 Å². The fourth-order valence-electron chi connectivity index (χ4n) is 4.56. The summed E-state index contributed by atoms with van der Waals surface area (Å²) in [4.78, 5) is 5.62. The van der Waals surface area contributed by atoms with E-state index >= 15 is 0 Å². The quantitative estimate of drug-likeness (QED) is 0.800. The van der Waals surface area contributed by atoms with E-state index in [1.165, 1.54) is 64.6 Å². The molecule has 3 nitrogen and oxygen atoms in total. The molecule has 2 saturated heterocycles. The molecule has 4 aliphatic rings. The summed E-state index contributed by atoms with van der Waals surface area (Å²) in [5.41, 5.74) is 6.67. The molecule has 2 unspecified atom stereocenters. The molecule has 18 heavy (non-hydrogen) atoms. The Bertz CT molecular complexity index is 324. The minimum absolute atomic E-state index is 0.347. The zero-order chi connectivity index (χ0) is 12.2. The van der Waals surface area contributed by atoms with E-state index in [-0.39, 0.29) is 0 Å². The topological polar surface area (TPSA) is 32.5 Å². The van der Waals surface area contributed by atoms with Gasteiger partial charge in [-0.2, -0.15) is 0 Å². The molecule has 4 rings (SSSR count). The summed E-state index contributed by atoms with van der Waals surface area (Å²) in [5, 5.41) is 0. The highest BCUT2D eigenvalue weighted by Gasteiger charge is 2.55. The second-order valence-corrected chi connectivity index (χ2v) is 7.08. The van der Waals surface area contributed by atoms with Gasteiger partial charge in [0.25, 0.3) is 0 Å². The molecular formula is C15H27N3. The fourth-order valence-corrected chi connectivity index (χ4v) is 4.56. The van der Waals surface area contributed by atoms with Crippen molar-refractivity contribution in [3.05, 3.63) is 0 Å². The third-order valence-electron chi connectivity index (χ3n) is 5.88. The van der Waals surface area contributed by atoms with Crippen LogP contribution in [0.25, 0.3) is 0 Å². The molecule has 0 spiro atoms. The minimum Gasteiger partial charge on any atom is -0.329 e. The molecule has 0 amide bonds. The van der Waals surface area contributed by atoms with Crippen molar-refractivity contribution in [3.8, 4) is 0 Å². The summed E-state index contributed by atoms with van der Waals surface area (Å²) in [6.07, 6.45) is 9.93. The summed E-state index contributed by atoms with van der Waals surface area (Å²) < 4.78 is 0. The van der Waals surface area contributed by atoms with Crippen LogP contribution in [0.5, 0.6) is 0 Å². The Kier molecular flexibility index (Phi) is 2.72. The predicted molar refractivity (Wildman–Crippen MR) is 73.4 cm³/mol. The van der Waals surface area contributed by atoms with E-state index in [2.05, 4.69) is 9.80 Å². The Morgan fingerprint density at radius 3 is 2.61 bits per heavy atom. The molecule has 2 aliphatic carbocycles. The van der Waals surface area contributed by atoms with Gasteiger partial charge in [-0.25, -0.2) is 0 Å². The first-order chi connectivity index (χ1) is 8.83. The molecule has 0 bridgehead atoms. The van der Waals surface area contributed by atoms with Gasteiger partial charge < -0.3 is 5.73 Å². The smallest absolute Gasteiger partial charge is 0.0501 e. The third kappa shape index (κ3) is 1.75. The van der Waals surface area contributed by atoms with Crippen LogP contribution in [0, 0.1) is 5.92 Å². The highest BCUT2D eigenvalue weighted by molar-refractivity contribution is 5.13. The van der Waals surface area contributed by atoms with Crippen molar-refractivity contribution in [2.75, 3.05) is 26.2 Å². The maximum atomic E-state index is 6.32. The molecule has 2 N–H and O–H groups in total. The number of hydrogen-bond donors (Lipinski definition) is 1. The second kappa shape index (κ2) is 4.19. The van der Waals surface area contributed by atoms with Crippen LogP contribution < -0.4 is 5.73 Å². The first-order valence-electron chi connectivity index (χ1n) is 8.04. The highest BCUT2D eigenvalue weighted by Crippen LogP contribution is 2.46. The average Bonchev–Trinajstić information content (AvgIpc) is 3.28. The second-order valence-electron chi connectivity index (χ2n) is 7.08. The molecule has 3 heteroatoms. The van der Waals surface area contributed by atoms with Crippen LogP contribution >= 0.6 is 0 Å². The lowest BCUT2D eigenvalue weighted by Gasteiger charge is -2.45. The fraction of sp³-hybridized carbons (Fsp3) is 1.00. The van der Waals surface area contributed by atoms with Crippen molar-refractivity contribution < 1.29 is 0 Å². The van der Waals surface area contributed by atoms with Gasteiger partial charge >= 0.3 is 0 Å². The number of rotatable bonds is 5. The normalized spacial score (nSPS) is 40.7. The minimum atomic E-state index is 0.347. The first-order valence-corrected chi connectivity index (χ1v) is 8.04. The number of nitrogens with zero attached hydrogens (tertiary/aromatic N) is 2. The Labute approximate surface area is 111 Å². The Balaban J connectivity index is 1.60. The molecule has 2 aliphatic heterocycles. The molecule has 0 aromatic carbocycles. The molecule has 2 atom stereocenters. The van der Waals surface area contributed by atoms with Gasteiger partial charge in [0.05, 0.1) is 5.54 Å². The van der Waals surface area contributed by atoms with Crippen molar-refractivity contribution in [2.45, 2.75) is 62.6 Å². The number of hydrogen-bond acceptors (Lipinski definition) is 3. The maximum absolute atomic E-state index is 6.32. The SMILES string of the molecule is NCC1(N(CC2CC2)C2CC2)CCN2CCCC21. The lowest BCUT2D eigenvalue weighted by molar-refractivity contribution is 0.0527. The van der Waals surface area contributed by atoms with Crippen LogP contribution in [0.4, 0.5) is 0 Å². The van der Waals surface area contributed by atoms with Crippen molar-refractivity contribution in [2.24, 2.45) is 11.7 Å². The van der Waals surface area contributed by atoms with Crippen LogP contribution in [0.1, 0.15) is 44.9 Å². The Morgan fingerprint density at radius 1 is 1.11 bits per heavy atom. The predicted octanol–water partition coefficient (Wildman–Crippen LogP) is 1.43. The zero-order valence-corrected chi connectivity index (χ0v) is 11.5. The summed E-state index contributed by atoms with van der Waals surface area (Å²) in [7, 11) is 0. The van der Waals surface area contributed by atoms with Crippen molar-refractivity contribution >= 4 is 0 Å². The molecule has 102 valence electrons. The van der Waals surface area contributed by atoms with Crippen LogP contribution in [-0.4, -0.2) is 53.6 Å². The van der Waals surface area contributed by atoms with E-state index in [4.69, 9.17) is 5.73 Å². The summed E-state index contributed by atoms with van der Waals surface area (Å²) >= 11 is 0. The van der Waals surface area contributed by atoms with Gasteiger partial charge in [0.2, 0.25) is 0 Å². The van der Waals surface area contributed by atoms with Crippen LogP contribution in [0.2, 0.25) is 0 Å². The van der Waals surface area contributed by atoms with Gasteiger partial charge in [0.15, 0.2) is 0 Å². The van der Waals surface area contributed by atoms with E-state index in [1.54, 1.807) is 0 Å². The van der Waals surface area contributed by atoms with Gasteiger partial charge in [-0.3, -0.25) is 9.80 Å². The van der Waals surface area contributed by atoms with E-state index in [0.717, 1.165) is 24.5 Å². The molecule has 0 aromatic rings. The maximum Gasteiger partial charge on any atom is 0.0501 e. The highest BCUT2D eigenvalue weighted by atomic mass is 15.4. The van der Waals surface area contributed by atoms with Gasteiger partial charge in [0, 0.05) is 31.7 Å². The lowest BCUT2D eigenvalue weighted by Crippen LogP contribution is -2.61. The standard InChI is InChI=1S/C15H27N3/c16-11-15(7-9-17-8-1-2-14(15)17)18(13-5-6-13)10-12-3-4-12/h12-14H,1-11,16H2. The first kappa shape index (κ1) is 11.7. The van der Waals surface area contributed by atoms with Gasteiger partial charge in [0.1, 0.15) is 0 Å². The van der Waals surface area contributed by atoms with Gasteiger partial charge in [-0.1, -0.05) is 0 Å². The van der Waals surface area contributed by atoms with Crippen molar-refractivity contribution in [1.82, 2.24) is 9.80 Å². The average molecular weight is 249 g/mol. The zero-order valence-electron chi connectivity index (χ0n) is 11.5. The molecule has 0 aromatic heterocycles. The van der Waals surface area contributed by atoms with E-state index in [9.17, 15) is 0 Å².